The normalized spacial score (nSPS) is 25.0. The first-order valence-electron chi connectivity index (χ1n) is 5.99. The highest BCUT2D eigenvalue weighted by Crippen LogP contribution is 2.11. The fraction of sp³-hybridized carbons (Fsp3) is 0.462. The smallest absolute Gasteiger partial charge is 0.244 e. The average Bonchev–Trinajstić information content (AvgIpc) is 2.79. The lowest BCUT2D eigenvalue weighted by Gasteiger charge is -2.28. The second-order valence-electron chi connectivity index (χ2n) is 4.43. The Morgan fingerprint density at radius 2 is 2.53 bits per heavy atom. The van der Waals surface area contributed by atoms with E-state index in [4.69, 9.17) is 0 Å². The van der Waals surface area contributed by atoms with Gasteiger partial charge in [0.2, 0.25) is 5.91 Å². The zero-order valence-corrected chi connectivity index (χ0v) is 10.8. The zero-order chi connectivity index (χ0) is 12.1. The molecule has 0 saturated carbocycles. The maximum atomic E-state index is 11.7. The van der Waals surface area contributed by atoms with E-state index in [1.54, 1.807) is 17.4 Å². The standard InChI is InChI=1S/C13H18N2OS/c1-10-9-11(6-7-14-10)15-13(16)5-4-12-3-2-8-17-12/h2-5,8,10-11,14H,6-7,9H2,1H3,(H,15,16)/b5-4+. The minimum atomic E-state index is 0.0116. The molecule has 0 aliphatic carbocycles. The van der Waals surface area contributed by atoms with Gasteiger partial charge in [-0.05, 0) is 43.8 Å². The first-order valence-corrected chi connectivity index (χ1v) is 6.87. The quantitative estimate of drug-likeness (QED) is 0.806. The van der Waals surface area contributed by atoms with E-state index in [0.29, 0.717) is 12.1 Å². The van der Waals surface area contributed by atoms with Gasteiger partial charge in [0.05, 0.1) is 0 Å². The highest BCUT2D eigenvalue weighted by molar-refractivity contribution is 7.10. The maximum absolute atomic E-state index is 11.7. The Labute approximate surface area is 106 Å². The van der Waals surface area contributed by atoms with Crippen LogP contribution in [0.25, 0.3) is 6.08 Å². The average molecular weight is 250 g/mol. The van der Waals surface area contributed by atoms with Gasteiger partial charge in [0.15, 0.2) is 0 Å². The van der Waals surface area contributed by atoms with Crippen LogP contribution in [0.1, 0.15) is 24.6 Å². The highest BCUT2D eigenvalue weighted by Gasteiger charge is 2.18. The van der Waals surface area contributed by atoms with Gasteiger partial charge in [-0.1, -0.05) is 6.07 Å². The molecule has 1 saturated heterocycles. The van der Waals surface area contributed by atoms with Crippen molar-refractivity contribution < 1.29 is 4.79 Å². The van der Waals surface area contributed by atoms with E-state index >= 15 is 0 Å². The number of piperidine rings is 1. The van der Waals surface area contributed by atoms with Crippen LogP contribution in [0, 0.1) is 0 Å². The summed E-state index contributed by atoms with van der Waals surface area (Å²) in [6.07, 6.45) is 5.52. The third-order valence-corrected chi connectivity index (χ3v) is 3.75. The van der Waals surface area contributed by atoms with Gasteiger partial charge in [0.1, 0.15) is 0 Å². The van der Waals surface area contributed by atoms with E-state index in [9.17, 15) is 4.79 Å². The van der Waals surface area contributed by atoms with Crippen molar-refractivity contribution in [1.29, 1.82) is 0 Å². The van der Waals surface area contributed by atoms with Crippen molar-refractivity contribution in [3.63, 3.8) is 0 Å². The van der Waals surface area contributed by atoms with Crippen LogP contribution in [0.5, 0.6) is 0 Å². The van der Waals surface area contributed by atoms with E-state index < -0.39 is 0 Å². The number of nitrogens with one attached hydrogen (secondary N) is 2. The summed E-state index contributed by atoms with van der Waals surface area (Å²) in [5.41, 5.74) is 0. The lowest BCUT2D eigenvalue weighted by atomic mass is 10.0. The van der Waals surface area contributed by atoms with Crippen LogP contribution in [-0.2, 0) is 4.79 Å². The molecule has 2 atom stereocenters. The molecule has 4 heteroatoms. The number of carbonyl (C=O) groups excluding carboxylic acids is 1. The zero-order valence-electron chi connectivity index (χ0n) is 9.98. The van der Waals surface area contributed by atoms with Crippen LogP contribution >= 0.6 is 11.3 Å². The van der Waals surface area contributed by atoms with Gasteiger partial charge in [-0.25, -0.2) is 0 Å². The highest BCUT2D eigenvalue weighted by atomic mass is 32.1. The minimum absolute atomic E-state index is 0.0116. The second kappa shape index (κ2) is 5.98. The Hall–Kier alpha value is -1.13. The van der Waals surface area contributed by atoms with Gasteiger partial charge in [0.25, 0.3) is 0 Å². The second-order valence-corrected chi connectivity index (χ2v) is 5.41. The van der Waals surface area contributed by atoms with Crippen molar-refractivity contribution in [3.8, 4) is 0 Å². The molecule has 0 bridgehead atoms. The Kier molecular flexibility index (Phi) is 4.34. The van der Waals surface area contributed by atoms with Crippen molar-refractivity contribution in [2.75, 3.05) is 6.54 Å². The molecule has 2 N–H and O–H groups in total. The largest absolute Gasteiger partial charge is 0.350 e. The van der Waals surface area contributed by atoms with Crippen molar-refractivity contribution in [3.05, 3.63) is 28.5 Å². The molecule has 1 fully saturated rings. The topological polar surface area (TPSA) is 41.1 Å². The number of thiophene rings is 1. The maximum Gasteiger partial charge on any atom is 0.244 e. The number of hydrogen-bond acceptors (Lipinski definition) is 3. The molecule has 0 radical (unpaired) electrons. The summed E-state index contributed by atoms with van der Waals surface area (Å²) in [6.45, 7) is 3.14. The summed E-state index contributed by atoms with van der Waals surface area (Å²) in [4.78, 5) is 12.8. The molecular formula is C13H18N2OS. The fourth-order valence-electron chi connectivity index (χ4n) is 2.06. The van der Waals surface area contributed by atoms with Crippen molar-refractivity contribution in [2.24, 2.45) is 0 Å². The van der Waals surface area contributed by atoms with E-state index in [1.807, 2.05) is 23.6 Å². The molecule has 0 spiro atoms. The summed E-state index contributed by atoms with van der Waals surface area (Å²) in [5.74, 6) is 0.0116. The summed E-state index contributed by atoms with van der Waals surface area (Å²) in [5, 5.41) is 8.43. The molecule has 1 aliphatic rings. The molecule has 2 rings (SSSR count). The van der Waals surface area contributed by atoms with Crippen LogP contribution < -0.4 is 10.6 Å². The van der Waals surface area contributed by atoms with Gasteiger partial charge in [-0.3, -0.25) is 4.79 Å². The predicted octanol–water partition coefficient (Wildman–Crippen LogP) is 2.02. The first-order chi connectivity index (χ1) is 8.24. The summed E-state index contributed by atoms with van der Waals surface area (Å²) < 4.78 is 0. The van der Waals surface area contributed by atoms with Gasteiger partial charge >= 0.3 is 0 Å². The van der Waals surface area contributed by atoms with Crippen LogP contribution in [-0.4, -0.2) is 24.5 Å². The van der Waals surface area contributed by atoms with E-state index in [-0.39, 0.29) is 5.91 Å². The van der Waals surface area contributed by atoms with Crippen molar-refractivity contribution in [1.82, 2.24) is 10.6 Å². The van der Waals surface area contributed by atoms with E-state index in [2.05, 4.69) is 17.6 Å². The molecule has 17 heavy (non-hydrogen) atoms. The summed E-state index contributed by atoms with van der Waals surface area (Å²) >= 11 is 1.63. The number of hydrogen-bond donors (Lipinski definition) is 2. The van der Waals surface area contributed by atoms with Gasteiger partial charge < -0.3 is 10.6 Å². The molecule has 1 amide bonds. The molecule has 1 aromatic heterocycles. The Balaban J connectivity index is 1.80. The Bertz CT molecular complexity index is 386. The predicted molar refractivity (Wildman–Crippen MR) is 72.0 cm³/mol. The van der Waals surface area contributed by atoms with E-state index in [1.165, 1.54) is 0 Å². The third kappa shape index (κ3) is 3.98. The third-order valence-electron chi connectivity index (χ3n) is 2.91. The number of amides is 1. The van der Waals surface area contributed by atoms with Crippen LogP contribution in [0.2, 0.25) is 0 Å². The lowest BCUT2D eigenvalue weighted by molar-refractivity contribution is -0.117. The van der Waals surface area contributed by atoms with E-state index in [0.717, 1.165) is 24.3 Å². The van der Waals surface area contributed by atoms with Crippen molar-refractivity contribution >= 4 is 23.3 Å². The van der Waals surface area contributed by atoms with Gasteiger partial charge in [-0.15, -0.1) is 11.3 Å². The Morgan fingerprint density at radius 3 is 3.24 bits per heavy atom. The lowest BCUT2D eigenvalue weighted by Crippen LogP contribution is -2.46. The molecular weight excluding hydrogens is 232 g/mol. The fourth-order valence-corrected chi connectivity index (χ4v) is 2.67. The number of rotatable bonds is 3. The van der Waals surface area contributed by atoms with Gasteiger partial charge in [-0.2, -0.15) is 0 Å². The van der Waals surface area contributed by atoms with Crippen LogP contribution in [0.4, 0.5) is 0 Å². The molecule has 1 aromatic rings. The molecule has 0 aromatic carbocycles. The monoisotopic (exact) mass is 250 g/mol. The van der Waals surface area contributed by atoms with Gasteiger partial charge in [0, 0.05) is 23.0 Å². The van der Waals surface area contributed by atoms with Crippen LogP contribution in [0.15, 0.2) is 23.6 Å². The molecule has 3 nitrogen and oxygen atoms in total. The Morgan fingerprint density at radius 1 is 1.65 bits per heavy atom. The molecule has 92 valence electrons. The summed E-state index contributed by atoms with van der Waals surface area (Å²) in [7, 11) is 0. The SMILES string of the molecule is CC1CC(NC(=O)/C=C/c2cccs2)CCN1. The number of carbonyl (C=O) groups is 1. The summed E-state index contributed by atoms with van der Waals surface area (Å²) in [6, 6.07) is 4.79. The molecule has 2 heterocycles. The van der Waals surface area contributed by atoms with Crippen molar-refractivity contribution in [2.45, 2.75) is 31.8 Å². The minimum Gasteiger partial charge on any atom is -0.350 e. The molecule has 2 unspecified atom stereocenters. The molecule has 1 aliphatic heterocycles. The van der Waals surface area contributed by atoms with Crippen LogP contribution in [0.3, 0.4) is 0 Å². The first kappa shape index (κ1) is 12.3.